The maximum Gasteiger partial charge on any atom is 0.193 e. The lowest BCUT2D eigenvalue weighted by Gasteiger charge is -2.01. The minimum absolute atomic E-state index is 0.0926. The van der Waals surface area contributed by atoms with E-state index in [2.05, 4.69) is 4.98 Å². The van der Waals surface area contributed by atoms with Gasteiger partial charge in [0.05, 0.1) is 12.1 Å². The van der Waals surface area contributed by atoms with Crippen molar-refractivity contribution in [1.82, 2.24) is 9.38 Å². The Bertz CT molecular complexity index is 699. The number of hydrogen-bond acceptors (Lipinski definition) is 4. The summed E-state index contributed by atoms with van der Waals surface area (Å²) in [5, 5.41) is 1.98. The Hall–Kier alpha value is -1.98. The number of benzene rings is 1. The lowest BCUT2D eigenvalue weighted by Crippen LogP contribution is -2.05. The van der Waals surface area contributed by atoms with Gasteiger partial charge in [0, 0.05) is 23.3 Å². The van der Waals surface area contributed by atoms with Crippen LogP contribution in [0.1, 0.15) is 21.6 Å². The Morgan fingerprint density at radius 1 is 1.30 bits per heavy atom. The number of rotatable bonds is 5. The highest BCUT2D eigenvalue weighted by atomic mass is 32.1. The van der Waals surface area contributed by atoms with Gasteiger partial charge in [0.2, 0.25) is 0 Å². The van der Waals surface area contributed by atoms with Crippen molar-refractivity contribution in [3.05, 3.63) is 58.9 Å². The molecule has 0 saturated heterocycles. The van der Waals surface area contributed by atoms with Gasteiger partial charge < -0.3 is 5.73 Å². The number of Topliss-reactive ketones (excluding diaryl/α,β-unsaturated/α-hetero) is 1. The number of nitrogens with zero attached hydrogens (tertiary/aromatic N) is 2. The molecule has 2 heterocycles. The molecule has 0 spiro atoms. The molecule has 1 aromatic carbocycles. The van der Waals surface area contributed by atoms with E-state index in [9.17, 15) is 4.79 Å². The van der Waals surface area contributed by atoms with Crippen LogP contribution in [0.5, 0.6) is 0 Å². The van der Waals surface area contributed by atoms with Crippen LogP contribution in [-0.2, 0) is 12.8 Å². The Balaban J connectivity index is 1.73. The van der Waals surface area contributed by atoms with Crippen molar-refractivity contribution in [2.45, 2.75) is 12.8 Å². The number of carbonyl (C=O) groups is 1. The molecule has 20 heavy (non-hydrogen) atoms. The molecule has 0 fully saturated rings. The topological polar surface area (TPSA) is 60.4 Å². The first kappa shape index (κ1) is 13.0. The van der Waals surface area contributed by atoms with Crippen molar-refractivity contribution in [3.8, 4) is 0 Å². The van der Waals surface area contributed by atoms with Crippen LogP contribution in [0, 0.1) is 0 Å². The van der Waals surface area contributed by atoms with Crippen LogP contribution in [-0.4, -0.2) is 21.7 Å². The summed E-state index contributed by atoms with van der Waals surface area (Å²) in [6, 6.07) is 7.66. The van der Waals surface area contributed by atoms with Gasteiger partial charge in [0.1, 0.15) is 0 Å². The van der Waals surface area contributed by atoms with Crippen molar-refractivity contribution >= 4 is 22.1 Å². The number of aromatic nitrogens is 2. The van der Waals surface area contributed by atoms with Gasteiger partial charge in [0.25, 0.3) is 0 Å². The van der Waals surface area contributed by atoms with Crippen LogP contribution in [0.2, 0.25) is 0 Å². The number of fused-ring (bicyclic) bond motifs is 1. The predicted octanol–water partition coefficient (Wildman–Crippen LogP) is 2.32. The smallest absolute Gasteiger partial charge is 0.193 e. The van der Waals surface area contributed by atoms with Crippen molar-refractivity contribution in [1.29, 1.82) is 0 Å². The molecule has 0 saturated carbocycles. The standard InChI is InChI=1S/C15H15N3OS/c16-6-5-11-1-3-12(4-2-11)14(19)9-13-10-18-7-8-20-15(18)17-13/h1-4,7-8,10H,5-6,9,16H2. The number of carbonyl (C=O) groups excluding carboxylic acids is 1. The molecule has 0 unspecified atom stereocenters. The molecule has 4 nitrogen and oxygen atoms in total. The molecule has 2 N–H and O–H groups in total. The van der Waals surface area contributed by atoms with Crippen LogP contribution < -0.4 is 5.73 Å². The summed E-state index contributed by atoms with van der Waals surface area (Å²) in [6.45, 7) is 0.624. The van der Waals surface area contributed by atoms with Gasteiger partial charge in [-0.15, -0.1) is 11.3 Å². The molecule has 5 heteroatoms. The van der Waals surface area contributed by atoms with Crippen molar-refractivity contribution in [2.24, 2.45) is 5.73 Å². The summed E-state index contributed by atoms with van der Waals surface area (Å²) < 4.78 is 1.94. The van der Waals surface area contributed by atoms with Crippen molar-refractivity contribution in [3.63, 3.8) is 0 Å². The van der Waals surface area contributed by atoms with Crippen LogP contribution in [0.25, 0.3) is 4.96 Å². The minimum Gasteiger partial charge on any atom is -0.330 e. The number of nitrogens with two attached hydrogens (primary N) is 1. The second-order valence-corrected chi connectivity index (χ2v) is 5.53. The first-order valence-corrected chi connectivity index (χ1v) is 7.37. The Morgan fingerprint density at radius 2 is 2.10 bits per heavy atom. The normalized spacial score (nSPS) is 11.1. The molecular weight excluding hydrogens is 270 g/mol. The van der Waals surface area contributed by atoms with Crippen LogP contribution >= 0.6 is 11.3 Å². The summed E-state index contributed by atoms with van der Waals surface area (Å²) in [5.41, 5.74) is 8.21. The monoisotopic (exact) mass is 285 g/mol. The first-order chi connectivity index (χ1) is 9.76. The van der Waals surface area contributed by atoms with E-state index in [-0.39, 0.29) is 5.78 Å². The summed E-state index contributed by atoms with van der Waals surface area (Å²) in [6.07, 6.45) is 5.03. The Morgan fingerprint density at radius 3 is 2.80 bits per heavy atom. The van der Waals surface area contributed by atoms with Crippen molar-refractivity contribution in [2.75, 3.05) is 6.54 Å². The highest BCUT2D eigenvalue weighted by Crippen LogP contribution is 2.14. The zero-order valence-corrected chi connectivity index (χ0v) is 11.8. The fraction of sp³-hybridized carbons (Fsp3) is 0.200. The highest BCUT2D eigenvalue weighted by Gasteiger charge is 2.10. The van der Waals surface area contributed by atoms with Gasteiger partial charge in [-0.25, -0.2) is 4.98 Å². The maximum atomic E-state index is 12.2. The van der Waals surface area contributed by atoms with Gasteiger partial charge in [0.15, 0.2) is 10.7 Å². The number of hydrogen-bond donors (Lipinski definition) is 1. The average Bonchev–Trinajstić information content (AvgIpc) is 3.01. The second-order valence-electron chi connectivity index (χ2n) is 4.66. The third kappa shape index (κ3) is 2.64. The number of imidazole rings is 1. The van der Waals surface area contributed by atoms with Gasteiger partial charge in [-0.3, -0.25) is 9.20 Å². The molecule has 0 bridgehead atoms. The minimum atomic E-state index is 0.0926. The summed E-state index contributed by atoms with van der Waals surface area (Å²) in [5.74, 6) is 0.0926. The lowest BCUT2D eigenvalue weighted by molar-refractivity contribution is 0.0992. The highest BCUT2D eigenvalue weighted by molar-refractivity contribution is 7.15. The summed E-state index contributed by atoms with van der Waals surface area (Å²) in [7, 11) is 0. The van der Waals surface area contributed by atoms with E-state index in [1.54, 1.807) is 11.3 Å². The fourth-order valence-electron chi connectivity index (χ4n) is 2.15. The molecule has 2 aromatic heterocycles. The third-order valence-electron chi connectivity index (χ3n) is 3.19. The molecule has 0 aliphatic rings. The first-order valence-electron chi connectivity index (χ1n) is 6.49. The Kier molecular flexibility index (Phi) is 3.62. The Labute approximate surface area is 120 Å². The molecule has 0 atom stereocenters. The third-order valence-corrected chi connectivity index (χ3v) is 3.96. The lowest BCUT2D eigenvalue weighted by atomic mass is 10.0. The molecule has 0 aliphatic heterocycles. The van der Waals surface area contributed by atoms with E-state index in [1.165, 1.54) is 0 Å². The largest absolute Gasteiger partial charge is 0.330 e. The van der Waals surface area contributed by atoms with Gasteiger partial charge in [-0.2, -0.15) is 0 Å². The van der Waals surface area contributed by atoms with E-state index in [4.69, 9.17) is 5.73 Å². The molecule has 3 aromatic rings. The molecule has 0 amide bonds. The predicted molar refractivity (Wildman–Crippen MR) is 80.3 cm³/mol. The molecule has 102 valence electrons. The van der Waals surface area contributed by atoms with Crippen molar-refractivity contribution < 1.29 is 4.79 Å². The van der Waals surface area contributed by atoms with E-state index < -0.39 is 0 Å². The van der Waals surface area contributed by atoms with E-state index >= 15 is 0 Å². The number of ketones is 1. The second kappa shape index (κ2) is 5.56. The van der Waals surface area contributed by atoms with Crippen LogP contribution in [0.4, 0.5) is 0 Å². The van der Waals surface area contributed by atoms with Crippen LogP contribution in [0.15, 0.2) is 42.0 Å². The molecule has 3 rings (SSSR count). The summed E-state index contributed by atoms with van der Waals surface area (Å²) >= 11 is 1.57. The zero-order valence-electron chi connectivity index (χ0n) is 11.0. The van der Waals surface area contributed by atoms with E-state index in [1.807, 2.05) is 46.4 Å². The SMILES string of the molecule is NCCc1ccc(C(=O)Cc2cn3ccsc3n2)cc1. The quantitative estimate of drug-likeness (QED) is 0.732. The molecule has 0 radical (unpaired) electrons. The number of thiazole rings is 1. The fourth-order valence-corrected chi connectivity index (χ4v) is 2.87. The molecule has 0 aliphatic carbocycles. The van der Waals surface area contributed by atoms with E-state index in [0.29, 0.717) is 13.0 Å². The van der Waals surface area contributed by atoms with Gasteiger partial charge >= 0.3 is 0 Å². The molecular formula is C15H15N3OS. The average molecular weight is 285 g/mol. The van der Waals surface area contributed by atoms with Gasteiger partial charge in [-0.1, -0.05) is 24.3 Å². The van der Waals surface area contributed by atoms with Crippen LogP contribution in [0.3, 0.4) is 0 Å². The van der Waals surface area contributed by atoms with E-state index in [0.717, 1.165) is 28.2 Å². The zero-order chi connectivity index (χ0) is 13.9. The maximum absolute atomic E-state index is 12.2. The summed E-state index contributed by atoms with van der Waals surface area (Å²) in [4.78, 5) is 17.6. The van der Waals surface area contributed by atoms with Gasteiger partial charge in [-0.05, 0) is 18.5 Å².